The number of nitrogens with one attached hydrogen (secondary N) is 1. The lowest BCUT2D eigenvalue weighted by Crippen LogP contribution is -2.24. The molecule has 2 nitrogen and oxygen atoms in total. The molecule has 2 aromatic rings. The molecule has 2 atom stereocenters. The van der Waals surface area contributed by atoms with Crippen molar-refractivity contribution in [2.45, 2.75) is 33.1 Å². The normalized spacial score (nSPS) is 14.7. The lowest BCUT2D eigenvalue weighted by atomic mass is 9.93. The zero-order valence-corrected chi connectivity index (χ0v) is 12.6. The second-order valence-electron chi connectivity index (χ2n) is 5.28. The first-order chi connectivity index (χ1) is 9.13. The monoisotopic (exact) mass is 279 g/mol. The molecule has 0 fully saturated rings. The second-order valence-corrected chi connectivity index (χ2v) is 5.68. The Morgan fingerprint density at radius 3 is 2.79 bits per heavy atom. The topological polar surface area (TPSA) is 25.2 Å². The second kappa shape index (κ2) is 6.44. The van der Waals surface area contributed by atoms with Gasteiger partial charge in [0, 0.05) is 11.3 Å². The van der Waals surface area contributed by atoms with Crippen molar-refractivity contribution in [3.63, 3.8) is 0 Å². The summed E-state index contributed by atoms with van der Waals surface area (Å²) < 4.78 is 5.93. The number of furan rings is 1. The molecule has 1 heterocycles. The highest BCUT2D eigenvalue weighted by molar-refractivity contribution is 6.34. The summed E-state index contributed by atoms with van der Waals surface area (Å²) >= 11 is 6.15. The number of halogens is 1. The summed E-state index contributed by atoms with van der Waals surface area (Å²) in [4.78, 5) is 0. The Kier molecular flexibility index (Phi) is 4.89. The molecule has 1 aromatic carbocycles. The van der Waals surface area contributed by atoms with E-state index in [1.165, 1.54) is 6.42 Å². The van der Waals surface area contributed by atoms with E-state index in [9.17, 15) is 0 Å². The standard InChI is InChI=1S/C16H22ClNO/c1-4-8-18-10-11(2)12(3)15-9-13-6-5-7-14(17)16(13)19-15/h5-7,9,11-12,18H,4,8,10H2,1-3H3. The van der Waals surface area contributed by atoms with Crippen LogP contribution in [0.25, 0.3) is 11.0 Å². The number of para-hydroxylation sites is 1. The fourth-order valence-corrected chi connectivity index (χ4v) is 2.46. The van der Waals surface area contributed by atoms with Crippen LogP contribution in [-0.2, 0) is 0 Å². The summed E-state index contributed by atoms with van der Waals surface area (Å²) in [5, 5.41) is 5.24. The Bertz CT molecular complexity index is 535. The molecule has 0 aliphatic rings. The average molecular weight is 280 g/mol. The largest absolute Gasteiger partial charge is 0.459 e. The summed E-state index contributed by atoms with van der Waals surface area (Å²) in [7, 11) is 0. The van der Waals surface area contributed by atoms with E-state index >= 15 is 0 Å². The molecule has 0 aliphatic carbocycles. The number of hydrogen-bond acceptors (Lipinski definition) is 2. The predicted octanol–water partition coefficient (Wildman–Crippen LogP) is 4.83. The number of hydrogen-bond donors (Lipinski definition) is 1. The van der Waals surface area contributed by atoms with Gasteiger partial charge in [-0.15, -0.1) is 0 Å². The molecule has 1 N–H and O–H groups in total. The van der Waals surface area contributed by atoms with Gasteiger partial charge in [-0.25, -0.2) is 0 Å². The Balaban J connectivity index is 2.12. The molecule has 0 saturated carbocycles. The molecule has 1 aromatic heterocycles. The van der Waals surface area contributed by atoms with Crippen LogP contribution < -0.4 is 5.32 Å². The van der Waals surface area contributed by atoms with Gasteiger partial charge in [-0.2, -0.15) is 0 Å². The highest BCUT2D eigenvalue weighted by Crippen LogP contribution is 2.32. The van der Waals surface area contributed by atoms with Crippen LogP contribution >= 0.6 is 11.6 Å². The van der Waals surface area contributed by atoms with Crippen LogP contribution in [0.2, 0.25) is 5.02 Å². The van der Waals surface area contributed by atoms with Crippen LogP contribution in [0, 0.1) is 5.92 Å². The molecule has 3 heteroatoms. The van der Waals surface area contributed by atoms with Gasteiger partial charge in [0.1, 0.15) is 5.76 Å². The smallest absolute Gasteiger partial charge is 0.152 e. The molecule has 104 valence electrons. The fourth-order valence-electron chi connectivity index (χ4n) is 2.24. The van der Waals surface area contributed by atoms with Crippen LogP contribution in [0.1, 0.15) is 38.9 Å². The summed E-state index contributed by atoms with van der Waals surface area (Å²) in [6.07, 6.45) is 1.17. The van der Waals surface area contributed by atoms with Gasteiger partial charge >= 0.3 is 0 Å². The van der Waals surface area contributed by atoms with Crippen molar-refractivity contribution < 1.29 is 4.42 Å². The third kappa shape index (κ3) is 3.31. The molecule has 0 radical (unpaired) electrons. The third-order valence-corrected chi connectivity index (χ3v) is 4.01. The maximum atomic E-state index is 6.15. The molecule has 0 amide bonds. The van der Waals surface area contributed by atoms with Crippen LogP contribution in [0.4, 0.5) is 0 Å². The van der Waals surface area contributed by atoms with Crippen LogP contribution in [0.15, 0.2) is 28.7 Å². The van der Waals surface area contributed by atoms with Crippen LogP contribution in [-0.4, -0.2) is 13.1 Å². The minimum absolute atomic E-state index is 0.382. The molecule has 0 aliphatic heterocycles. The van der Waals surface area contributed by atoms with E-state index in [1.54, 1.807) is 0 Å². The Labute approximate surface area is 120 Å². The summed E-state index contributed by atoms with van der Waals surface area (Å²) in [6.45, 7) is 8.73. The van der Waals surface area contributed by atoms with Crippen LogP contribution in [0.5, 0.6) is 0 Å². The van der Waals surface area contributed by atoms with Gasteiger partial charge in [-0.3, -0.25) is 0 Å². The molecule has 0 saturated heterocycles. The minimum Gasteiger partial charge on any atom is -0.459 e. The lowest BCUT2D eigenvalue weighted by molar-refractivity contribution is 0.391. The van der Waals surface area contributed by atoms with Gasteiger partial charge in [0.2, 0.25) is 0 Å². The number of benzene rings is 1. The Morgan fingerprint density at radius 2 is 2.11 bits per heavy atom. The van der Waals surface area contributed by atoms with E-state index in [0.717, 1.165) is 29.8 Å². The SMILES string of the molecule is CCCNCC(C)C(C)c1cc2cccc(Cl)c2o1. The molecule has 0 spiro atoms. The molecular weight excluding hydrogens is 258 g/mol. The van der Waals surface area contributed by atoms with Crippen molar-refractivity contribution in [2.75, 3.05) is 13.1 Å². The number of rotatable bonds is 6. The zero-order chi connectivity index (χ0) is 13.8. The highest BCUT2D eigenvalue weighted by Gasteiger charge is 2.18. The maximum absolute atomic E-state index is 6.15. The average Bonchev–Trinajstić information content (AvgIpc) is 2.83. The minimum atomic E-state index is 0.382. The Hall–Kier alpha value is -0.990. The van der Waals surface area contributed by atoms with Crippen LogP contribution in [0.3, 0.4) is 0 Å². The van der Waals surface area contributed by atoms with Gasteiger partial charge in [0.25, 0.3) is 0 Å². The van der Waals surface area contributed by atoms with E-state index in [4.69, 9.17) is 16.0 Å². The highest BCUT2D eigenvalue weighted by atomic mass is 35.5. The van der Waals surface area contributed by atoms with Crippen molar-refractivity contribution in [3.8, 4) is 0 Å². The fraction of sp³-hybridized carbons (Fsp3) is 0.500. The predicted molar refractivity (Wildman–Crippen MR) is 82.0 cm³/mol. The van der Waals surface area contributed by atoms with Crippen molar-refractivity contribution in [1.82, 2.24) is 5.32 Å². The van der Waals surface area contributed by atoms with Gasteiger partial charge in [-0.1, -0.05) is 44.5 Å². The lowest BCUT2D eigenvalue weighted by Gasteiger charge is -2.18. The van der Waals surface area contributed by atoms with E-state index in [2.05, 4.69) is 32.2 Å². The van der Waals surface area contributed by atoms with Crippen molar-refractivity contribution in [2.24, 2.45) is 5.92 Å². The summed E-state index contributed by atoms with van der Waals surface area (Å²) in [6, 6.07) is 7.98. The third-order valence-electron chi connectivity index (χ3n) is 3.71. The molecular formula is C16H22ClNO. The van der Waals surface area contributed by atoms with Gasteiger partial charge < -0.3 is 9.73 Å². The van der Waals surface area contributed by atoms with E-state index < -0.39 is 0 Å². The van der Waals surface area contributed by atoms with Gasteiger partial charge in [0.15, 0.2) is 5.58 Å². The quantitative estimate of drug-likeness (QED) is 0.767. The zero-order valence-electron chi connectivity index (χ0n) is 11.9. The van der Waals surface area contributed by atoms with E-state index in [-0.39, 0.29) is 0 Å². The van der Waals surface area contributed by atoms with Gasteiger partial charge in [-0.05, 0) is 37.6 Å². The van der Waals surface area contributed by atoms with Crippen molar-refractivity contribution >= 4 is 22.6 Å². The van der Waals surface area contributed by atoms with Crippen molar-refractivity contribution in [3.05, 3.63) is 35.0 Å². The van der Waals surface area contributed by atoms with Gasteiger partial charge in [0.05, 0.1) is 5.02 Å². The summed E-state index contributed by atoms with van der Waals surface area (Å²) in [5.41, 5.74) is 0.805. The first-order valence-corrected chi connectivity index (χ1v) is 7.40. The van der Waals surface area contributed by atoms with E-state index in [0.29, 0.717) is 16.9 Å². The van der Waals surface area contributed by atoms with Crippen molar-refractivity contribution in [1.29, 1.82) is 0 Å². The first-order valence-electron chi connectivity index (χ1n) is 7.02. The number of fused-ring (bicyclic) bond motifs is 1. The molecule has 2 rings (SSSR count). The summed E-state index contributed by atoms with van der Waals surface area (Å²) in [5.74, 6) is 1.94. The molecule has 0 bridgehead atoms. The first kappa shape index (κ1) is 14.4. The Morgan fingerprint density at radius 1 is 1.32 bits per heavy atom. The molecule has 19 heavy (non-hydrogen) atoms. The van der Waals surface area contributed by atoms with E-state index in [1.807, 2.05) is 18.2 Å². The molecule has 2 unspecified atom stereocenters. The maximum Gasteiger partial charge on any atom is 0.152 e.